The number of nitrogens with one attached hydrogen (secondary N) is 2. The molecule has 0 aliphatic carbocycles. The zero-order chi connectivity index (χ0) is 16.5. The Labute approximate surface area is 158 Å². The van der Waals surface area contributed by atoms with Gasteiger partial charge in [0.05, 0.1) is 11.5 Å². The molecule has 0 unspecified atom stereocenters. The van der Waals surface area contributed by atoms with Crippen LogP contribution in [0.4, 0.5) is 5.69 Å². The Morgan fingerprint density at radius 1 is 1.04 bits per heavy atom. The van der Waals surface area contributed by atoms with Crippen molar-refractivity contribution in [2.75, 3.05) is 6.54 Å². The first-order chi connectivity index (χ1) is 11.2. The average Bonchev–Trinajstić information content (AvgIpc) is 2.58. The second kappa shape index (κ2) is 10.6. The predicted molar refractivity (Wildman–Crippen MR) is 107 cm³/mol. The van der Waals surface area contributed by atoms with E-state index in [0.29, 0.717) is 13.1 Å². The summed E-state index contributed by atoms with van der Waals surface area (Å²) >= 11 is 0. The number of nitrogens with zero attached hydrogens (tertiary/aromatic N) is 2. The number of hydrogen-bond donors (Lipinski definition) is 2. The summed E-state index contributed by atoms with van der Waals surface area (Å²) in [5, 5.41) is 17.1. The predicted octanol–water partition coefficient (Wildman–Crippen LogP) is 3.47. The summed E-state index contributed by atoms with van der Waals surface area (Å²) in [6, 6.07) is 16.5. The van der Waals surface area contributed by atoms with Gasteiger partial charge < -0.3 is 10.6 Å². The molecule has 128 valence electrons. The first kappa shape index (κ1) is 19.9. The second-order valence-corrected chi connectivity index (χ2v) is 4.96. The van der Waals surface area contributed by atoms with Gasteiger partial charge in [-0.05, 0) is 18.1 Å². The van der Waals surface area contributed by atoms with Crippen LogP contribution in [0.5, 0.6) is 0 Å². The summed E-state index contributed by atoms with van der Waals surface area (Å²) in [5.41, 5.74) is 2.19. The monoisotopic (exact) mass is 440 g/mol. The molecule has 2 aromatic rings. The molecule has 2 N–H and O–H groups in total. The van der Waals surface area contributed by atoms with E-state index in [4.69, 9.17) is 0 Å². The zero-order valence-corrected chi connectivity index (χ0v) is 15.8. The van der Waals surface area contributed by atoms with Crippen molar-refractivity contribution < 1.29 is 4.92 Å². The molecule has 7 heteroatoms. The van der Waals surface area contributed by atoms with Crippen LogP contribution in [0.2, 0.25) is 0 Å². The Morgan fingerprint density at radius 2 is 1.71 bits per heavy atom. The van der Waals surface area contributed by atoms with Crippen molar-refractivity contribution in [3.8, 4) is 0 Å². The van der Waals surface area contributed by atoms with E-state index in [1.807, 2.05) is 37.3 Å². The molecule has 0 atom stereocenters. The molecule has 0 aliphatic heterocycles. The molecule has 0 spiro atoms. The van der Waals surface area contributed by atoms with Gasteiger partial charge in [0.1, 0.15) is 0 Å². The number of halogens is 1. The van der Waals surface area contributed by atoms with E-state index in [1.165, 1.54) is 12.1 Å². The zero-order valence-electron chi connectivity index (χ0n) is 13.4. The maximum absolute atomic E-state index is 10.6. The van der Waals surface area contributed by atoms with Crippen LogP contribution in [-0.4, -0.2) is 17.4 Å². The molecule has 0 bridgehead atoms. The molecular formula is C17H21IN4O2. The van der Waals surface area contributed by atoms with Crippen LogP contribution in [-0.2, 0) is 13.1 Å². The third-order valence-electron chi connectivity index (χ3n) is 3.21. The highest BCUT2D eigenvalue weighted by Gasteiger charge is 2.04. The molecule has 0 radical (unpaired) electrons. The Morgan fingerprint density at radius 3 is 2.29 bits per heavy atom. The normalized spacial score (nSPS) is 10.6. The van der Waals surface area contributed by atoms with Gasteiger partial charge in [-0.15, -0.1) is 24.0 Å². The van der Waals surface area contributed by atoms with Gasteiger partial charge in [-0.2, -0.15) is 0 Å². The standard InChI is InChI=1S/C17H20N4O2.HI/c1-2-18-17(19-12-14-6-4-3-5-7-14)20-13-15-8-10-16(11-9-15)21(22)23;/h3-11H,2,12-13H2,1H3,(H2,18,19,20);1H. The van der Waals surface area contributed by atoms with Crippen LogP contribution in [0, 0.1) is 10.1 Å². The summed E-state index contributed by atoms with van der Waals surface area (Å²) in [6.07, 6.45) is 0. The lowest BCUT2D eigenvalue weighted by atomic mass is 10.2. The van der Waals surface area contributed by atoms with Crippen LogP contribution in [0.3, 0.4) is 0 Å². The molecule has 0 heterocycles. The number of hydrogen-bond acceptors (Lipinski definition) is 3. The van der Waals surface area contributed by atoms with Gasteiger partial charge in [-0.3, -0.25) is 10.1 Å². The fourth-order valence-corrected chi connectivity index (χ4v) is 2.02. The minimum absolute atomic E-state index is 0. The van der Waals surface area contributed by atoms with Crippen molar-refractivity contribution in [3.05, 3.63) is 75.8 Å². The van der Waals surface area contributed by atoms with Gasteiger partial charge in [-0.1, -0.05) is 42.5 Å². The molecule has 0 aromatic heterocycles. The fraction of sp³-hybridized carbons (Fsp3) is 0.235. The van der Waals surface area contributed by atoms with Gasteiger partial charge >= 0.3 is 0 Å². The number of guanidine groups is 1. The van der Waals surface area contributed by atoms with E-state index >= 15 is 0 Å². The summed E-state index contributed by atoms with van der Waals surface area (Å²) in [6.45, 7) is 3.92. The van der Waals surface area contributed by atoms with Crippen LogP contribution >= 0.6 is 24.0 Å². The number of benzene rings is 2. The number of nitro groups is 1. The Balaban J connectivity index is 0.00000288. The van der Waals surface area contributed by atoms with Crippen molar-refractivity contribution >= 4 is 35.6 Å². The average molecular weight is 440 g/mol. The van der Waals surface area contributed by atoms with Crippen molar-refractivity contribution in [2.45, 2.75) is 20.0 Å². The third kappa shape index (κ3) is 6.53. The summed E-state index contributed by atoms with van der Waals surface area (Å²) < 4.78 is 0. The summed E-state index contributed by atoms with van der Waals surface area (Å²) in [5.74, 6) is 0.717. The number of non-ortho nitro benzene ring substituents is 1. The van der Waals surface area contributed by atoms with E-state index in [-0.39, 0.29) is 29.7 Å². The molecule has 0 amide bonds. The van der Waals surface area contributed by atoms with E-state index in [1.54, 1.807) is 12.1 Å². The van der Waals surface area contributed by atoms with Crippen LogP contribution < -0.4 is 10.6 Å². The molecular weight excluding hydrogens is 419 g/mol. The molecule has 0 fully saturated rings. The van der Waals surface area contributed by atoms with Gasteiger partial charge in [0, 0.05) is 25.2 Å². The third-order valence-corrected chi connectivity index (χ3v) is 3.21. The number of nitro benzene ring substituents is 1. The van der Waals surface area contributed by atoms with Crippen LogP contribution in [0.15, 0.2) is 59.6 Å². The lowest BCUT2D eigenvalue weighted by molar-refractivity contribution is -0.384. The van der Waals surface area contributed by atoms with E-state index in [2.05, 4.69) is 15.6 Å². The Kier molecular flexibility index (Phi) is 8.77. The topological polar surface area (TPSA) is 79.6 Å². The second-order valence-electron chi connectivity index (χ2n) is 4.96. The smallest absolute Gasteiger partial charge is 0.269 e. The highest BCUT2D eigenvalue weighted by Crippen LogP contribution is 2.11. The van der Waals surface area contributed by atoms with E-state index < -0.39 is 4.92 Å². The highest BCUT2D eigenvalue weighted by atomic mass is 127. The fourth-order valence-electron chi connectivity index (χ4n) is 2.02. The first-order valence-electron chi connectivity index (χ1n) is 7.48. The quantitative estimate of drug-likeness (QED) is 0.237. The van der Waals surface area contributed by atoms with Crippen molar-refractivity contribution in [2.24, 2.45) is 4.99 Å². The molecule has 2 rings (SSSR count). The van der Waals surface area contributed by atoms with Crippen LogP contribution in [0.25, 0.3) is 0 Å². The van der Waals surface area contributed by atoms with E-state index in [0.717, 1.165) is 23.6 Å². The van der Waals surface area contributed by atoms with Crippen molar-refractivity contribution in [1.29, 1.82) is 0 Å². The Hall–Kier alpha value is -2.16. The molecule has 0 saturated heterocycles. The minimum Gasteiger partial charge on any atom is -0.357 e. The van der Waals surface area contributed by atoms with Crippen molar-refractivity contribution in [3.63, 3.8) is 0 Å². The maximum Gasteiger partial charge on any atom is 0.269 e. The minimum atomic E-state index is -0.400. The lowest BCUT2D eigenvalue weighted by Gasteiger charge is -2.11. The highest BCUT2D eigenvalue weighted by molar-refractivity contribution is 14.0. The molecule has 0 saturated carbocycles. The van der Waals surface area contributed by atoms with Gasteiger partial charge in [-0.25, -0.2) is 4.99 Å². The lowest BCUT2D eigenvalue weighted by Crippen LogP contribution is -2.36. The van der Waals surface area contributed by atoms with Gasteiger partial charge in [0.15, 0.2) is 5.96 Å². The molecule has 24 heavy (non-hydrogen) atoms. The molecule has 6 nitrogen and oxygen atoms in total. The largest absolute Gasteiger partial charge is 0.357 e. The summed E-state index contributed by atoms with van der Waals surface area (Å²) in [4.78, 5) is 14.8. The molecule has 0 aliphatic rings. The van der Waals surface area contributed by atoms with Crippen LogP contribution in [0.1, 0.15) is 18.1 Å². The van der Waals surface area contributed by atoms with Gasteiger partial charge in [0.2, 0.25) is 0 Å². The SMILES string of the molecule is CCNC(=NCc1ccccc1)NCc1ccc([N+](=O)[O-])cc1.I. The first-order valence-corrected chi connectivity index (χ1v) is 7.48. The summed E-state index contributed by atoms with van der Waals surface area (Å²) in [7, 11) is 0. The van der Waals surface area contributed by atoms with Crippen molar-refractivity contribution in [1.82, 2.24) is 10.6 Å². The maximum atomic E-state index is 10.6. The number of rotatable bonds is 6. The van der Waals surface area contributed by atoms with Gasteiger partial charge in [0.25, 0.3) is 5.69 Å². The number of aliphatic imine (C=N–C) groups is 1. The molecule has 2 aromatic carbocycles. The van der Waals surface area contributed by atoms with E-state index in [9.17, 15) is 10.1 Å². The Bertz CT molecular complexity index is 660.